The number of rotatable bonds is 13. The van der Waals surface area contributed by atoms with Crippen molar-refractivity contribution >= 4 is 62.1 Å². The maximum absolute atomic E-state index is 13.3. The molecule has 0 bridgehead atoms. The number of fused-ring (bicyclic) bond motifs is 2. The predicted octanol–water partition coefficient (Wildman–Crippen LogP) is 4.01. The zero-order chi connectivity index (χ0) is 42.5. The highest BCUT2D eigenvalue weighted by Gasteiger charge is 2.31. The second kappa shape index (κ2) is 17.8. The van der Waals surface area contributed by atoms with Crippen LogP contribution in [0.3, 0.4) is 0 Å². The van der Waals surface area contributed by atoms with Gasteiger partial charge in [-0.1, -0.05) is 0 Å². The number of carbonyl (C=O) groups excluding carboxylic acids is 2. The first-order valence-corrected chi connectivity index (χ1v) is 19.7. The lowest BCUT2D eigenvalue weighted by molar-refractivity contribution is -0.877. The number of azo groups is 2. The Kier molecular flexibility index (Phi) is 12.1. The lowest BCUT2D eigenvalue weighted by Crippen LogP contribution is -3.11. The minimum atomic E-state index is -0.272. The second-order valence-corrected chi connectivity index (χ2v) is 15.2. The maximum atomic E-state index is 13.3. The van der Waals surface area contributed by atoms with Gasteiger partial charge in [-0.15, -0.1) is 10.2 Å². The lowest BCUT2D eigenvalue weighted by atomic mass is 10.1. The van der Waals surface area contributed by atoms with Crippen LogP contribution in [0, 0.1) is 0 Å². The minimum Gasteiger partial charge on any atom is -0.508 e. The Morgan fingerprint density at radius 3 is 1.82 bits per heavy atom. The highest BCUT2D eigenvalue weighted by Crippen LogP contribution is 2.34. The van der Waals surface area contributed by atoms with E-state index in [4.69, 9.17) is 11.5 Å². The Labute approximate surface area is 347 Å². The summed E-state index contributed by atoms with van der Waals surface area (Å²) in [5, 5.41) is 41.2. The van der Waals surface area contributed by atoms with Crippen molar-refractivity contribution in [1.29, 1.82) is 0 Å². The Bertz CT molecular complexity index is 2590. The van der Waals surface area contributed by atoms with Gasteiger partial charge in [-0.05, 0) is 90.0 Å². The molecule has 8 N–H and O–H groups in total. The summed E-state index contributed by atoms with van der Waals surface area (Å²) in [4.78, 5) is 34.2. The number of benzene rings is 5. The molecule has 0 aromatic heterocycles. The number of hydrogen-bond acceptors (Lipinski definition) is 11. The number of nitrogens with one attached hydrogen (secondary N) is 2. The van der Waals surface area contributed by atoms with Crippen LogP contribution in [0.4, 0.5) is 22.7 Å². The number of hydrogen-bond donors (Lipinski definition) is 6. The molecule has 5 aromatic rings. The van der Waals surface area contributed by atoms with Gasteiger partial charge in [0, 0.05) is 91.1 Å². The Morgan fingerprint density at radius 2 is 1.25 bits per heavy atom. The summed E-state index contributed by atoms with van der Waals surface area (Å²) in [5.41, 5.74) is 15.7. The van der Waals surface area contributed by atoms with Crippen LogP contribution in [-0.2, 0) is 0 Å². The number of phenols is 2. The van der Waals surface area contributed by atoms with E-state index in [1.165, 1.54) is 0 Å². The van der Waals surface area contributed by atoms with Crippen molar-refractivity contribution in [3.05, 3.63) is 121 Å². The van der Waals surface area contributed by atoms with E-state index in [1.807, 2.05) is 60.5 Å². The molecule has 2 heterocycles. The van der Waals surface area contributed by atoms with Crippen molar-refractivity contribution in [2.45, 2.75) is 19.1 Å². The van der Waals surface area contributed by atoms with Gasteiger partial charge in [0.15, 0.2) is 0 Å². The van der Waals surface area contributed by atoms with Crippen LogP contribution in [-0.4, -0.2) is 108 Å². The van der Waals surface area contributed by atoms with Crippen LogP contribution >= 0.6 is 0 Å². The molecule has 3 unspecified atom stereocenters. The molecule has 0 aliphatic carbocycles. The van der Waals surface area contributed by atoms with E-state index in [0.29, 0.717) is 65.3 Å². The third kappa shape index (κ3) is 8.94. The first-order valence-electron chi connectivity index (χ1n) is 19.7. The molecule has 2 aliphatic rings. The Morgan fingerprint density at radius 1 is 0.717 bits per heavy atom. The molecule has 0 saturated heterocycles. The van der Waals surface area contributed by atoms with Crippen LogP contribution in [0.5, 0.6) is 11.5 Å². The molecule has 2 amide bonds. The van der Waals surface area contributed by atoms with Crippen molar-refractivity contribution in [3.63, 3.8) is 0 Å². The maximum Gasteiger partial charge on any atom is 0.524 e. The van der Waals surface area contributed by atoms with Crippen LogP contribution in [0.1, 0.15) is 33.6 Å². The number of nitrogens with two attached hydrogens (primary N) is 2. The van der Waals surface area contributed by atoms with Crippen molar-refractivity contribution in [3.8, 4) is 11.5 Å². The van der Waals surface area contributed by atoms with Gasteiger partial charge in [0.1, 0.15) is 40.9 Å². The van der Waals surface area contributed by atoms with E-state index in [1.54, 1.807) is 96.7 Å². The van der Waals surface area contributed by atoms with Crippen LogP contribution in [0.2, 0.25) is 0 Å². The minimum absolute atomic E-state index is 0.122. The van der Waals surface area contributed by atoms with Crippen molar-refractivity contribution < 1.29 is 34.2 Å². The molecule has 60 heavy (non-hydrogen) atoms. The van der Waals surface area contributed by atoms with Crippen molar-refractivity contribution in [1.82, 2.24) is 14.7 Å². The Balaban J connectivity index is 0.874. The fraction of sp³-hybridized carbons (Fsp3) is 0.250. The fourth-order valence-corrected chi connectivity index (χ4v) is 7.42. The largest absolute Gasteiger partial charge is 0.524 e. The summed E-state index contributed by atoms with van der Waals surface area (Å²) in [6.45, 7) is 2.47. The molecule has 16 nitrogen and oxygen atoms in total. The topological polar surface area (TPSA) is 198 Å². The van der Waals surface area contributed by atoms with Gasteiger partial charge in [0.25, 0.3) is 18.1 Å². The first-order chi connectivity index (χ1) is 28.9. The standard InChI is InChI=1S/C44H48N12O4/c1-51(19-5-21-55-25-23-53(3)43(55)49-47-39-17-15-37(45)35-27-31(57)11-13-33(35)39)41(59)29-7-9-30(10-8-29)42(60)52(2)20-6-22-56-26-24-54(4)44(56)50-48-40-18-16-38(46)36-28-32(58)12-14-34(36)40/h7-18,23-28,43H,5-6,19-22H2,1-4H3,(H5,45,46,47,48,49,57,58,59,60)/p+3. The number of anilines is 2. The molecule has 0 radical (unpaired) electrons. The summed E-state index contributed by atoms with van der Waals surface area (Å²) < 4.78 is 1.91. The normalized spacial score (nSPS) is 17.6. The number of guanidine groups is 1. The highest BCUT2D eigenvalue weighted by molar-refractivity contribution is 6.02. The zero-order valence-electron chi connectivity index (χ0n) is 34.2. The van der Waals surface area contributed by atoms with E-state index in [9.17, 15) is 19.8 Å². The average Bonchev–Trinajstić information content (AvgIpc) is 3.79. The highest BCUT2D eigenvalue weighted by atomic mass is 16.3. The van der Waals surface area contributed by atoms with E-state index in [-0.39, 0.29) is 29.6 Å². The quantitative estimate of drug-likeness (QED) is 0.0587. The average molecular weight is 812 g/mol. The lowest BCUT2D eigenvalue weighted by Gasteiger charge is -2.22. The smallest absolute Gasteiger partial charge is 0.508 e. The van der Waals surface area contributed by atoms with Gasteiger partial charge in [0.2, 0.25) is 0 Å². The number of carbonyl (C=O) groups is 2. The first kappa shape index (κ1) is 41.0. The van der Waals surface area contributed by atoms with Gasteiger partial charge >= 0.3 is 5.96 Å². The van der Waals surface area contributed by atoms with Crippen molar-refractivity contribution in [2.75, 3.05) is 65.8 Å². The molecule has 16 heteroatoms. The third-order valence-corrected chi connectivity index (χ3v) is 10.9. The van der Waals surface area contributed by atoms with Crippen LogP contribution < -0.4 is 21.3 Å². The number of amides is 2. The zero-order valence-corrected chi connectivity index (χ0v) is 34.2. The number of aromatic hydroxyl groups is 2. The molecule has 2 aliphatic heterocycles. The van der Waals surface area contributed by atoms with Gasteiger partial charge in [0.05, 0.1) is 32.0 Å². The summed E-state index contributed by atoms with van der Waals surface area (Å²) in [5.74, 6) is 0.738. The second-order valence-electron chi connectivity index (χ2n) is 15.2. The fourth-order valence-electron chi connectivity index (χ4n) is 7.42. The van der Waals surface area contributed by atoms with E-state index in [2.05, 4.69) is 20.5 Å². The summed E-state index contributed by atoms with van der Waals surface area (Å²) >= 11 is 0. The number of nitrogens with zero attached hydrogens (tertiary/aromatic N) is 8. The Hall–Kier alpha value is -7.17. The molecular weight excluding hydrogens is 761 g/mol. The van der Waals surface area contributed by atoms with E-state index in [0.717, 1.165) is 44.9 Å². The molecule has 0 fully saturated rings. The molecule has 5 aromatic carbocycles. The predicted molar refractivity (Wildman–Crippen MR) is 231 cm³/mol. The van der Waals surface area contributed by atoms with Gasteiger partial charge in [-0.3, -0.25) is 14.5 Å². The summed E-state index contributed by atoms with van der Waals surface area (Å²) in [6, 6.07) is 24.0. The summed E-state index contributed by atoms with van der Waals surface area (Å²) in [7, 11) is 7.42. The van der Waals surface area contributed by atoms with Crippen LogP contribution in [0.15, 0.2) is 130 Å². The summed E-state index contributed by atoms with van der Waals surface area (Å²) in [6.07, 6.45) is 9.13. The SMILES string of the molecule is CN(CCC[NH+]1C=C[N+](C)=C1N=Nc1ccc(N)c2cc(O)ccc12)C(=O)c1ccc(C(=O)N(C)CCC[NH+]2C=CN(C)C2N=Nc2ccc(N)c3cc(O)ccc23)cc1. The van der Waals surface area contributed by atoms with Gasteiger partial charge in [-0.25, -0.2) is 0 Å². The molecule has 0 spiro atoms. The monoisotopic (exact) mass is 811 g/mol. The van der Waals surface area contributed by atoms with Gasteiger partial charge in [-0.2, -0.15) is 9.48 Å². The number of nitrogen functional groups attached to an aromatic ring is 2. The van der Waals surface area contributed by atoms with Crippen molar-refractivity contribution in [2.24, 2.45) is 20.5 Å². The van der Waals surface area contributed by atoms with E-state index < -0.39 is 0 Å². The molecule has 0 saturated carbocycles. The molecule has 3 atom stereocenters. The number of quaternary nitrogens is 2. The van der Waals surface area contributed by atoms with Crippen LogP contribution in [0.25, 0.3) is 21.5 Å². The number of phenolic OH excluding ortho intramolecular Hbond substituents is 2. The third-order valence-electron chi connectivity index (χ3n) is 10.9. The van der Waals surface area contributed by atoms with Gasteiger partial charge < -0.3 is 36.4 Å². The molecular formula is C44H51N12O4+3. The molecule has 7 rings (SSSR count). The molecule has 308 valence electrons. The van der Waals surface area contributed by atoms with E-state index >= 15 is 0 Å².